The first-order valence-corrected chi connectivity index (χ1v) is 9.13. The van der Waals surface area contributed by atoms with Gasteiger partial charge < -0.3 is 10.1 Å². The van der Waals surface area contributed by atoms with Crippen molar-refractivity contribution in [1.29, 1.82) is 0 Å². The van der Waals surface area contributed by atoms with Gasteiger partial charge in [-0.1, -0.05) is 12.1 Å². The molecule has 0 aliphatic heterocycles. The molecule has 0 radical (unpaired) electrons. The average molecular weight is 376 g/mol. The molecule has 2 aromatic rings. The first-order chi connectivity index (χ1) is 12.2. The number of esters is 1. The summed E-state index contributed by atoms with van der Waals surface area (Å²) < 4.78 is 30.2. The molecule has 26 heavy (non-hydrogen) atoms. The third-order valence-electron chi connectivity index (χ3n) is 3.78. The Balaban J connectivity index is 2.33. The molecular weight excluding hydrogens is 356 g/mol. The fraction of sp³-hybridized carbons (Fsp3) is 0.222. The van der Waals surface area contributed by atoms with Crippen LogP contribution in [0.4, 0.5) is 5.69 Å². The lowest BCUT2D eigenvalue weighted by atomic mass is 10.1. The van der Waals surface area contributed by atoms with Crippen molar-refractivity contribution < 1.29 is 22.7 Å². The number of carbonyl (C=O) groups is 2. The molecule has 0 aliphatic rings. The summed E-state index contributed by atoms with van der Waals surface area (Å²) in [4.78, 5) is 24.2. The third kappa shape index (κ3) is 4.09. The number of benzene rings is 2. The van der Waals surface area contributed by atoms with Crippen molar-refractivity contribution in [3.63, 3.8) is 0 Å². The van der Waals surface area contributed by atoms with Crippen molar-refractivity contribution in [2.75, 3.05) is 26.5 Å². The maximum atomic E-state index is 12.5. The van der Waals surface area contributed by atoms with Crippen molar-refractivity contribution in [3.05, 3.63) is 59.2 Å². The van der Waals surface area contributed by atoms with E-state index in [-0.39, 0.29) is 10.5 Å². The van der Waals surface area contributed by atoms with Crippen LogP contribution in [-0.4, -0.2) is 45.8 Å². The summed E-state index contributed by atoms with van der Waals surface area (Å²) >= 11 is 0. The van der Waals surface area contributed by atoms with E-state index in [9.17, 15) is 18.0 Å². The van der Waals surface area contributed by atoms with Crippen molar-refractivity contribution in [2.24, 2.45) is 0 Å². The van der Waals surface area contributed by atoms with E-state index >= 15 is 0 Å². The highest BCUT2D eigenvalue weighted by molar-refractivity contribution is 7.89. The number of hydrogen-bond donors (Lipinski definition) is 1. The molecular formula is C18H20N2O5S. The molecule has 1 amide bonds. The molecule has 0 saturated heterocycles. The molecule has 0 heterocycles. The summed E-state index contributed by atoms with van der Waals surface area (Å²) in [6.45, 7) is 1.78. The highest BCUT2D eigenvalue weighted by atomic mass is 32.2. The van der Waals surface area contributed by atoms with Crippen LogP contribution in [0.15, 0.2) is 47.4 Å². The highest BCUT2D eigenvalue weighted by Crippen LogP contribution is 2.20. The lowest BCUT2D eigenvalue weighted by Gasteiger charge is -2.13. The van der Waals surface area contributed by atoms with Crippen LogP contribution in [0.3, 0.4) is 0 Å². The SMILES string of the molecule is COC(=O)c1ccc(C)c(NC(=O)c2cccc(S(=O)(=O)N(C)C)c2)c1. The van der Waals surface area contributed by atoms with Crippen molar-refractivity contribution in [1.82, 2.24) is 4.31 Å². The van der Waals surface area contributed by atoms with Crippen molar-refractivity contribution >= 4 is 27.6 Å². The highest BCUT2D eigenvalue weighted by Gasteiger charge is 2.19. The van der Waals surface area contributed by atoms with Gasteiger partial charge in [-0.25, -0.2) is 17.5 Å². The van der Waals surface area contributed by atoms with E-state index in [0.29, 0.717) is 11.3 Å². The summed E-state index contributed by atoms with van der Waals surface area (Å²) in [5.41, 5.74) is 1.69. The largest absolute Gasteiger partial charge is 0.465 e. The fourth-order valence-electron chi connectivity index (χ4n) is 2.20. The molecule has 7 nitrogen and oxygen atoms in total. The molecule has 0 aliphatic carbocycles. The summed E-state index contributed by atoms with van der Waals surface area (Å²) in [6.07, 6.45) is 0. The molecule has 138 valence electrons. The van der Waals surface area contributed by atoms with E-state index < -0.39 is 21.9 Å². The van der Waals surface area contributed by atoms with E-state index in [1.165, 1.54) is 51.5 Å². The maximum Gasteiger partial charge on any atom is 0.337 e. The van der Waals surface area contributed by atoms with Gasteiger partial charge in [-0.05, 0) is 42.8 Å². The first kappa shape index (κ1) is 19.6. The van der Waals surface area contributed by atoms with Gasteiger partial charge in [-0.3, -0.25) is 4.79 Å². The normalized spacial score (nSPS) is 11.3. The van der Waals surface area contributed by atoms with Gasteiger partial charge in [0.2, 0.25) is 10.0 Å². The molecule has 0 aromatic heterocycles. The fourth-order valence-corrected chi connectivity index (χ4v) is 3.15. The monoisotopic (exact) mass is 376 g/mol. The number of carbonyl (C=O) groups excluding carboxylic acids is 2. The zero-order valence-corrected chi connectivity index (χ0v) is 15.8. The second-order valence-corrected chi connectivity index (χ2v) is 7.94. The summed E-state index contributed by atoms with van der Waals surface area (Å²) in [5.74, 6) is -0.995. The lowest BCUT2D eigenvalue weighted by molar-refractivity contribution is 0.0600. The Hall–Kier alpha value is -2.71. The van der Waals surface area contributed by atoms with E-state index in [0.717, 1.165) is 9.87 Å². The minimum atomic E-state index is -3.64. The Labute approximate surface area is 152 Å². The van der Waals surface area contributed by atoms with Crippen LogP contribution in [0.2, 0.25) is 0 Å². The number of hydrogen-bond acceptors (Lipinski definition) is 5. The molecule has 2 rings (SSSR count). The predicted molar refractivity (Wildman–Crippen MR) is 97.8 cm³/mol. The minimum absolute atomic E-state index is 0.0233. The molecule has 8 heteroatoms. The van der Waals surface area contributed by atoms with Crippen LogP contribution in [0, 0.1) is 6.92 Å². The molecule has 0 spiro atoms. The maximum absolute atomic E-state index is 12.5. The minimum Gasteiger partial charge on any atom is -0.465 e. The van der Waals surface area contributed by atoms with Crippen LogP contribution >= 0.6 is 0 Å². The number of ether oxygens (including phenoxy) is 1. The quantitative estimate of drug-likeness (QED) is 0.808. The first-order valence-electron chi connectivity index (χ1n) is 7.69. The van der Waals surface area contributed by atoms with Gasteiger partial charge in [0.15, 0.2) is 0 Å². The third-order valence-corrected chi connectivity index (χ3v) is 5.59. The number of amides is 1. The van der Waals surface area contributed by atoms with Gasteiger partial charge in [0.25, 0.3) is 5.91 Å². The number of methoxy groups -OCH3 is 1. The van der Waals surface area contributed by atoms with Crippen molar-refractivity contribution in [2.45, 2.75) is 11.8 Å². The number of nitrogens with one attached hydrogen (secondary N) is 1. The van der Waals surface area contributed by atoms with E-state index in [2.05, 4.69) is 10.1 Å². The van der Waals surface area contributed by atoms with Gasteiger partial charge in [0, 0.05) is 25.3 Å². The Morgan fingerprint density at radius 2 is 1.73 bits per heavy atom. The molecule has 0 atom stereocenters. The number of rotatable bonds is 5. The molecule has 0 fully saturated rings. The van der Waals surface area contributed by atoms with Crippen molar-refractivity contribution in [3.8, 4) is 0 Å². The van der Waals surface area contributed by atoms with Gasteiger partial charge >= 0.3 is 5.97 Å². The van der Waals surface area contributed by atoms with Gasteiger partial charge in [-0.2, -0.15) is 0 Å². The van der Waals surface area contributed by atoms with Gasteiger partial charge in [0.05, 0.1) is 17.6 Å². The number of anilines is 1. The number of aryl methyl sites for hydroxylation is 1. The molecule has 0 saturated carbocycles. The van der Waals surface area contributed by atoms with E-state index in [1.807, 2.05) is 0 Å². The number of nitrogens with zero attached hydrogens (tertiary/aromatic N) is 1. The van der Waals surface area contributed by atoms with E-state index in [1.54, 1.807) is 19.1 Å². The molecule has 2 aromatic carbocycles. The molecule has 1 N–H and O–H groups in total. The smallest absolute Gasteiger partial charge is 0.337 e. The zero-order valence-electron chi connectivity index (χ0n) is 14.9. The Bertz CT molecular complexity index is 952. The van der Waals surface area contributed by atoms with Crippen LogP contribution in [-0.2, 0) is 14.8 Å². The van der Waals surface area contributed by atoms with E-state index in [4.69, 9.17) is 0 Å². The Kier molecular flexibility index (Phi) is 5.79. The predicted octanol–water partition coefficient (Wildman–Crippen LogP) is 2.28. The zero-order chi connectivity index (χ0) is 19.5. The van der Waals surface area contributed by atoms with Crippen LogP contribution in [0.1, 0.15) is 26.3 Å². The van der Waals surface area contributed by atoms with Crippen LogP contribution in [0.25, 0.3) is 0 Å². The topological polar surface area (TPSA) is 92.8 Å². The standard InChI is InChI=1S/C18H20N2O5S/c1-12-8-9-14(18(22)25-4)11-16(12)19-17(21)13-6-5-7-15(10-13)26(23,24)20(2)3/h5-11H,1-4H3,(H,19,21). The van der Waals surface area contributed by atoms with Crippen LogP contribution < -0.4 is 5.32 Å². The Morgan fingerprint density at radius 1 is 1.04 bits per heavy atom. The number of sulfonamides is 1. The molecule has 0 unspecified atom stereocenters. The van der Waals surface area contributed by atoms with Gasteiger partial charge in [0.1, 0.15) is 0 Å². The second kappa shape index (κ2) is 7.67. The summed E-state index contributed by atoms with van der Waals surface area (Å²) in [6, 6.07) is 10.6. The summed E-state index contributed by atoms with van der Waals surface area (Å²) in [7, 11) is 0.473. The van der Waals surface area contributed by atoms with Gasteiger partial charge in [-0.15, -0.1) is 0 Å². The second-order valence-electron chi connectivity index (χ2n) is 5.79. The lowest BCUT2D eigenvalue weighted by Crippen LogP contribution is -2.23. The van der Waals surface area contributed by atoms with Crippen LogP contribution in [0.5, 0.6) is 0 Å². The summed E-state index contributed by atoms with van der Waals surface area (Å²) in [5, 5.41) is 2.70. The Morgan fingerprint density at radius 3 is 2.35 bits per heavy atom. The average Bonchev–Trinajstić information content (AvgIpc) is 2.62. The molecule has 0 bridgehead atoms.